The second kappa shape index (κ2) is 28.3. The average Bonchev–Trinajstić information content (AvgIpc) is 3.33. The lowest BCUT2D eigenvalue weighted by atomic mass is 9.90. The molecule has 77 heavy (non-hydrogen) atoms. The molecule has 0 fully saturated rings. The Kier molecular flexibility index (Phi) is 21.2. The number of rotatable bonds is 34. The third kappa shape index (κ3) is 20.2. The summed E-state index contributed by atoms with van der Waals surface area (Å²) < 4.78 is 44.8. The Morgan fingerprint density at radius 3 is 0.468 bits per heavy atom. The lowest BCUT2D eigenvalue weighted by molar-refractivity contribution is -0.142. The first-order valence-electron chi connectivity index (χ1n) is 23.5. The molecule has 0 saturated carbocycles. The maximum atomic E-state index is 6.77. The topological polar surface area (TPSA) is 609 Å². The molecule has 0 aliphatic heterocycles. The quantitative estimate of drug-likeness (QED) is 0.0168. The van der Waals surface area contributed by atoms with Crippen LogP contribution in [-0.4, -0.2) is 182 Å². The minimum atomic E-state index is -1.07. The van der Waals surface area contributed by atoms with Crippen molar-refractivity contribution in [3.63, 3.8) is 0 Å². The first kappa shape index (κ1) is 57.7. The maximum absolute atomic E-state index is 6.77. The van der Waals surface area contributed by atoms with Gasteiger partial charge in [-0.3, -0.25) is 0 Å². The number of nitrogen functional groups attached to an aromatic ring is 12. The number of hydrogen-bond acceptors (Lipinski definition) is 37. The van der Waals surface area contributed by atoms with Gasteiger partial charge in [0.25, 0.3) is 0 Å². The van der Waals surface area contributed by atoms with E-state index in [4.69, 9.17) is 102 Å². The van der Waals surface area contributed by atoms with Crippen molar-refractivity contribution in [2.45, 2.75) is 38.5 Å². The lowest BCUT2D eigenvalue weighted by Gasteiger charge is -2.37. The SMILES string of the molecule is Nc1nc(N)nc(CCOCC(COCCc2nc(N)nc(N)n2)(COCCc2nc(N)nc(N)n2)COCC(COCCc2nc(N)nc(N)n2)(COCCc2nc(N)nc(N)n2)COCCc2nc(N)nc(N)n2)n1. The molecule has 6 aromatic rings. The molecule has 0 aliphatic carbocycles. The average molecular weight is 1080 g/mol. The van der Waals surface area contributed by atoms with Gasteiger partial charge in [0.1, 0.15) is 34.9 Å². The number of nitrogens with zero attached hydrogens (tertiary/aromatic N) is 18. The number of ether oxygens (including phenoxy) is 7. The van der Waals surface area contributed by atoms with Crippen LogP contribution in [0, 0.1) is 10.8 Å². The molecule has 0 bridgehead atoms. The predicted octanol–water partition coefficient (Wildman–Crippen LogP) is -5.37. The van der Waals surface area contributed by atoms with Gasteiger partial charge in [0, 0.05) is 38.5 Å². The van der Waals surface area contributed by atoms with Gasteiger partial charge in [0.2, 0.25) is 71.4 Å². The summed E-state index contributed by atoms with van der Waals surface area (Å²) in [5, 5.41) is 0. The van der Waals surface area contributed by atoms with Crippen LogP contribution in [0.15, 0.2) is 0 Å². The van der Waals surface area contributed by atoms with Crippen molar-refractivity contribution in [1.29, 1.82) is 0 Å². The van der Waals surface area contributed by atoms with E-state index in [2.05, 4.69) is 89.7 Å². The molecule has 37 heteroatoms. The van der Waals surface area contributed by atoms with Gasteiger partial charge in [0.05, 0.1) is 103 Å². The number of hydrogen-bond donors (Lipinski definition) is 12. The first-order chi connectivity index (χ1) is 36.9. The smallest absolute Gasteiger partial charge is 0.225 e. The molecule has 24 N–H and O–H groups in total. The van der Waals surface area contributed by atoms with Crippen molar-refractivity contribution in [3.8, 4) is 0 Å². The van der Waals surface area contributed by atoms with Crippen LogP contribution in [0.3, 0.4) is 0 Å². The van der Waals surface area contributed by atoms with Gasteiger partial charge in [-0.25, -0.2) is 0 Å². The van der Waals surface area contributed by atoms with E-state index in [0.717, 1.165) is 0 Å². The third-order valence-corrected chi connectivity index (χ3v) is 10.4. The van der Waals surface area contributed by atoms with E-state index in [9.17, 15) is 0 Å². The normalized spacial score (nSPS) is 11.8. The Bertz CT molecular complexity index is 2230. The molecule has 6 heterocycles. The van der Waals surface area contributed by atoms with E-state index in [1.54, 1.807) is 0 Å². The van der Waals surface area contributed by atoms with Crippen LogP contribution in [0.25, 0.3) is 0 Å². The van der Waals surface area contributed by atoms with Crippen LogP contribution < -0.4 is 68.8 Å². The van der Waals surface area contributed by atoms with Crippen LogP contribution in [-0.2, 0) is 71.7 Å². The zero-order valence-corrected chi connectivity index (χ0v) is 42.0. The maximum Gasteiger partial charge on any atom is 0.225 e. The summed E-state index contributed by atoms with van der Waals surface area (Å²) >= 11 is 0. The monoisotopic (exact) mass is 1080 g/mol. The highest BCUT2D eigenvalue weighted by molar-refractivity contribution is 5.29. The number of anilines is 12. The van der Waals surface area contributed by atoms with E-state index in [1.807, 2.05) is 0 Å². The molecule has 6 aromatic heterocycles. The fourth-order valence-corrected chi connectivity index (χ4v) is 7.11. The Labute approximate surface area is 439 Å². The Balaban J connectivity index is 1.27. The zero-order valence-electron chi connectivity index (χ0n) is 42.0. The lowest BCUT2D eigenvalue weighted by Crippen LogP contribution is -2.46. The molecular weight excluding hydrogens is 1010 g/mol. The highest BCUT2D eigenvalue weighted by atomic mass is 16.5. The molecule has 0 amide bonds. The molecule has 0 aliphatic rings. The highest BCUT2D eigenvalue weighted by Gasteiger charge is 2.37. The zero-order chi connectivity index (χ0) is 55.2. The molecular formula is C40H64N30O7. The fourth-order valence-electron chi connectivity index (χ4n) is 7.11. The van der Waals surface area contributed by atoms with E-state index in [0.29, 0.717) is 34.9 Å². The summed E-state index contributed by atoms with van der Waals surface area (Å²) in [6.07, 6.45) is 1.29. The molecule has 0 unspecified atom stereocenters. The van der Waals surface area contributed by atoms with Gasteiger partial charge in [0.15, 0.2) is 0 Å². The molecule has 0 aromatic carbocycles. The number of aromatic nitrogens is 18. The molecule has 0 spiro atoms. The summed E-state index contributed by atoms with van der Waals surface area (Å²) in [7, 11) is 0. The van der Waals surface area contributed by atoms with Crippen molar-refractivity contribution in [3.05, 3.63) is 34.9 Å². The van der Waals surface area contributed by atoms with Crippen molar-refractivity contribution < 1.29 is 33.2 Å². The predicted molar refractivity (Wildman–Crippen MR) is 275 cm³/mol. The minimum Gasteiger partial charge on any atom is -0.380 e. The van der Waals surface area contributed by atoms with Crippen molar-refractivity contribution >= 4 is 71.4 Å². The summed E-state index contributed by atoms with van der Waals surface area (Å²) in [6, 6.07) is 0. The Morgan fingerprint density at radius 1 is 0.195 bits per heavy atom. The van der Waals surface area contributed by atoms with Crippen molar-refractivity contribution in [2.75, 3.05) is 161 Å². The molecule has 0 radical (unpaired) electrons. The van der Waals surface area contributed by atoms with Crippen LogP contribution in [0.2, 0.25) is 0 Å². The summed E-state index contributed by atoms with van der Waals surface area (Å²) in [5.41, 5.74) is 67.9. The molecule has 6 rings (SSSR count). The number of nitrogens with two attached hydrogens (primary N) is 12. The van der Waals surface area contributed by atoms with Crippen LogP contribution in [0.5, 0.6) is 0 Å². The highest BCUT2D eigenvalue weighted by Crippen LogP contribution is 2.26. The molecule has 416 valence electrons. The van der Waals surface area contributed by atoms with E-state index < -0.39 is 10.8 Å². The third-order valence-electron chi connectivity index (χ3n) is 10.4. The standard InChI is InChI=1S/C40H64N30O7/c41-27-53-21(54-28(42)65-27)1-7-71-13-39(14-72-8-2-22-55-29(43)66-30(44)56-22,15-73-9-3-23-57-31(45)67-32(46)58-23)19-77-20-40(16-74-10-4-24-59-33(47)68-34(48)60-24,17-75-11-5-25-61-35(49)69-36(50)62-25)18-76-12-6-26-63-37(51)70-38(52)64-26/h1-20H2,(H4,41,42,53,54,65)(H4,43,44,55,56,66)(H4,45,46,57,58,67)(H4,47,48,59,60,68)(H4,49,50,61,62,69)(H4,51,52,63,64,70). The van der Waals surface area contributed by atoms with Crippen LogP contribution in [0.4, 0.5) is 71.4 Å². The van der Waals surface area contributed by atoms with E-state index in [-0.39, 0.29) is 202 Å². The van der Waals surface area contributed by atoms with Crippen molar-refractivity contribution in [2.24, 2.45) is 10.8 Å². The van der Waals surface area contributed by atoms with Crippen molar-refractivity contribution in [1.82, 2.24) is 89.7 Å². The summed E-state index contributed by atoms with van der Waals surface area (Å²) in [6.45, 7) is 0.447. The van der Waals surface area contributed by atoms with Gasteiger partial charge >= 0.3 is 0 Å². The first-order valence-corrected chi connectivity index (χ1v) is 23.5. The molecule has 37 nitrogen and oxygen atoms in total. The summed E-state index contributed by atoms with van der Waals surface area (Å²) in [4.78, 5) is 73.1. The van der Waals surface area contributed by atoms with E-state index in [1.165, 1.54) is 0 Å². The Hall–Kier alpha value is -8.62. The second-order valence-electron chi connectivity index (χ2n) is 17.1. The van der Waals surface area contributed by atoms with Gasteiger partial charge in [-0.15, -0.1) is 0 Å². The van der Waals surface area contributed by atoms with Gasteiger partial charge in [-0.1, -0.05) is 0 Å². The van der Waals surface area contributed by atoms with Gasteiger partial charge < -0.3 is 102 Å². The largest absolute Gasteiger partial charge is 0.380 e. The van der Waals surface area contributed by atoms with Crippen LogP contribution >= 0.6 is 0 Å². The molecule has 0 saturated heterocycles. The molecule has 0 atom stereocenters. The van der Waals surface area contributed by atoms with Gasteiger partial charge in [-0.2, -0.15) is 89.7 Å². The Morgan fingerprint density at radius 2 is 0.325 bits per heavy atom. The minimum absolute atomic E-state index is 0.00849. The summed E-state index contributed by atoms with van der Waals surface area (Å²) in [5.74, 6) is 1.39. The van der Waals surface area contributed by atoms with E-state index >= 15 is 0 Å². The van der Waals surface area contributed by atoms with Crippen LogP contribution in [0.1, 0.15) is 34.9 Å². The second-order valence-corrected chi connectivity index (χ2v) is 17.1. The van der Waals surface area contributed by atoms with Gasteiger partial charge in [-0.05, 0) is 0 Å². The fraction of sp³-hybridized carbons (Fsp3) is 0.550.